The summed E-state index contributed by atoms with van der Waals surface area (Å²) in [4.78, 5) is 74.9. The summed E-state index contributed by atoms with van der Waals surface area (Å²) >= 11 is 0. The normalized spacial score (nSPS) is 16.9. The number of rotatable bonds is 25. The van der Waals surface area contributed by atoms with Crippen LogP contribution < -0.4 is 21.3 Å². The molecule has 23 nitrogen and oxygen atoms in total. The maximum Gasteiger partial charge on any atom is 0.410 e. The van der Waals surface area contributed by atoms with Crippen LogP contribution in [0.3, 0.4) is 0 Å². The number of anilines is 2. The van der Waals surface area contributed by atoms with Crippen LogP contribution in [0.4, 0.5) is 16.7 Å². The highest BCUT2D eigenvalue weighted by Gasteiger charge is 2.41. The summed E-state index contributed by atoms with van der Waals surface area (Å²) in [6.07, 6.45) is 0.492. The van der Waals surface area contributed by atoms with E-state index in [2.05, 4.69) is 88.1 Å². The van der Waals surface area contributed by atoms with E-state index in [0.717, 1.165) is 46.2 Å². The van der Waals surface area contributed by atoms with Crippen molar-refractivity contribution in [3.05, 3.63) is 131 Å². The zero-order chi connectivity index (χ0) is 60.5. The molecule has 9 rings (SSSR count). The molecule has 7 atom stereocenters. The topological polar surface area (TPSA) is 258 Å². The quantitative estimate of drug-likeness (QED) is 0.0532. The smallest absolute Gasteiger partial charge is 0.410 e. The molecule has 2 aromatic heterocycles. The van der Waals surface area contributed by atoms with Gasteiger partial charge in [0.05, 0.1) is 37.4 Å². The standard InChI is InChI=1S/C63H75N15O8/c1-42(2)57(79)66-55(59(81)75-33-21-27-48(75)39-77-61(68-70-72-77)64-37-46-23-11-9-12-24-46)44(4)84-35-19-7-8-20-36-85-45(5)56(60(82)76-34-22-28-49(76)40-78-62(69-71-73-78)65-38-47-25-13-10-14-26-47)67-58(80)43(3)74(6)63(83)86-41-54-52-31-17-15-29-50(52)51-30-16-18-32-53(51)54/h9-18,23-26,29-32,42-45,48-49,54-56H,21-22,27-28,33-41H2,1-6H3,(H,66,79)(H,67,80)(H,64,68,72)(H,65,69,73)/t43-,44+,45?,48-,49-,55-,56-/m0/s1. The predicted molar refractivity (Wildman–Crippen MR) is 320 cm³/mol. The van der Waals surface area contributed by atoms with Gasteiger partial charge in [0, 0.05) is 45.1 Å². The van der Waals surface area contributed by atoms with Gasteiger partial charge in [-0.15, -0.1) is 0 Å². The molecule has 2 aliphatic heterocycles. The van der Waals surface area contributed by atoms with Crippen molar-refractivity contribution in [1.29, 1.82) is 0 Å². The molecule has 5 amide bonds. The number of nitrogens with one attached hydrogen (secondary N) is 4. The van der Waals surface area contributed by atoms with Crippen LogP contribution in [0.1, 0.15) is 88.5 Å². The number of likely N-dealkylation sites (tertiary alicyclic amines) is 2. The van der Waals surface area contributed by atoms with E-state index in [1.807, 2.05) is 97.1 Å². The molecular formula is C63H75N15O8. The highest BCUT2D eigenvalue weighted by molar-refractivity contribution is 5.92. The van der Waals surface area contributed by atoms with Crippen molar-refractivity contribution in [3.63, 3.8) is 0 Å². The van der Waals surface area contributed by atoms with Gasteiger partial charge in [0.25, 0.3) is 0 Å². The van der Waals surface area contributed by atoms with Crippen LogP contribution in [-0.4, -0.2) is 167 Å². The van der Waals surface area contributed by atoms with Gasteiger partial charge in [-0.05, 0) is 113 Å². The van der Waals surface area contributed by atoms with Crippen LogP contribution in [0.15, 0.2) is 109 Å². The van der Waals surface area contributed by atoms with Crippen LogP contribution >= 0.6 is 0 Å². The minimum absolute atomic E-state index is 0.0659. The summed E-state index contributed by atoms with van der Waals surface area (Å²) in [6, 6.07) is 32.0. The van der Waals surface area contributed by atoms with Gasteiger partial charge in [-0.3, -0.25) is 24.1 Å². The van der Waals surface area contributed by atoms with E-state index >= 15 is 0 Å². The summed E-state index contributed by atoms with van der Waals surface area (Å²) in [5, 5.41) is 37.0. The average molecular weight is 1170 g/mol. The summed E-state index contributed by atoms with van der Waals surface area (Å²) in [5.41, 5.74) is 6.41. The maximum absolute atomic E-state index is 14.8. The van der Waals surface area contributed by atoms with Crippen LogP contribution in [-0.2, 0) is 59.6 Å². The maximum atomic E-state index is 14.8. The molecule has 1 unspecified atom stereocenters. The molecule has 23 heteroatoms. The van der Waals surface area contributed by atoms with E-state index in [9.17, 15) is 24.0 Å². The number of aromatic nitrogens is 8. The Bertz CT molecular complexity index is 3360. The van der Waals surface area contributed by atoms with Crippen molar-refractivity contribution in [2.75, 3.05) is 50.6 Å². The minimum atomic E-state index is -1.20. The van der Waals surface area contributed by atoms with Crippen LogP contribution in [0.5, 0.6) is 0 Å². The van der Waals surface area contributed by atoms with Gasteiger partial charge in [0.1, 0.15) is 37.9 Å². The van der Waals surface area contributed by atoms with Gasteiger partial charge in [0.15, 0.2) is 0 Å². The molecule has 6 aromatic rings. The first-order chi connectivity index (χ1) is 41.7. The molecular weight excluding hydrogens is 1090 g/mol. The molecule has 4 N–H and O–H groups in total. The Hall–Kier alpha value is -9.19. The second-order valence-electron chi connectivity index (χ2n) is 22.1. The highest BCUT2D eigenvalue weighted by atomic mass is 16.6. The van der Waals surface area contributed by atoms with Crippen LogP contribution in [0, 0.1) is 29.6 Å². The van der Waals surface area contributed by atoms with E-state index < -0.39 is 42.3 Å². The first-order valence-electron chi connectivity index (χ1n) is 29.3. The molecule has 0 saturated carbocycles. The first-order valence-corrected chi connectivity index (χ1v) is 29.3. The van der Waals surface area contributed by atoms with E-state index in [1.165, 1.54) is 11.9 Å². The molecule has 2 saturated heterocycles. The molecule has 3 aliphatic rings. The molecule has 0 bridgehead atoms. The number of carbonyl (C=O) groups excluding carboxylic acids is 5. The van der Waals surface area contributed by atoms with Gasteiger partial charge >= 0.3 is 6.09 Å². The third kappa shape index (κ3) is 15.4. The minimum Gasteiger partial charge on any atom is -0.448 e. The third-order valence-corrected chi connectivity index (χ3v) is 16.0. The summed E-state index contributed by atoms with van der Waals surface area (Å²) in [5.74, 6) is 10.1. The number of fused-ring (bicyclic) bond motifs is 3. The highest BCUT2D eigenvalue weighted by Crippen LogP contribution is 2.44. The summed E-state index contributed by atoms with van der Waals surface area (Å²) < 4.78 is 21.4. The van der Waals surface area contributed by atoms with E-state index in [0.29, 0.717) is 64.0 Å². The van der Waals surface area contributed by atoms with Gasteiger partial charge in [-0.1, -0.05) is 145 Å². The Morgan fingerprint density at radius 1 is 0.605 bits per heavy atom. The fraction of sp³-hybridized carbons (Fsp3) is 0.444. The van der Waals surface area contributed by atoms with Crippen molar-refractivity contribution in [2.24, 2.45) is 5.92 Å². The van der Waals surface area contributed by atoms with E-state index in [4.69, 9.17) is 14.2 Å². The van der Waals surface area contributed by atoms with Crippen LogP contribution in [0.2, 0.25) is 0 Å². The zero-order valence-electron chi connectivity index (χ0n) is 49.5. The number of likely N-dealkylation sites (N-methyl/N-ethyl adjacent to an activating group) is 1. The Labute approximate surface area is 501 Å². The van der Waals surface area contributed by atoms with Gasteiger partial charge in [-0.25, -0.2) is 14.2 Å². The lowest BCUT2D eigenvalue weighted by Gasteiger charge is -2.33. The third-order valence-electron chi connectivity index (χ3n) is 16.0. The van der Waals surface area contributed by atoms with Gasteiger partial charge in [0.2, 0.25) is 35.5 Å². The van der Waals surface area contributed by atoms with E-state index in [1.54, 1.807) is 53.8 Å². The lowest BCUT2D eigenvalue weighted by atomic mass is 9.98. The Balaban J connectivity index is 0.820. The lowest BCUT2D eigenvalue weighted by molar-refractivity contribution is -0.142. The number of amides is 5. The lowest BCUT2D eigenvalue weighted by Crippen LogP contribution is -2.58. The molecule has 4 heterocycles. The zero-order valence-corrected chi connectivity index (χ0v) is 49.5. The number of ether oxygens (including phenoxy) is 3. The van der Waals surface area contributed by atoms with Crippen molar-refractivity contribution >= 4 is 41.6 Å². The molecule has 1 aliphatic carbocycles. The number of carbonyl (C=O) groups is 5. The number of hydrogen-bond acceptors (Lipinski definition) is 16. The fourth-order valence-electron chi connectivity index (χ4n) is 10.9. The van der Waals surface area contributed by atoms with E-state index in [-0.39, 0.29) is 61.5 Å². The molecule has 450 valence electrons. The predicted octanol–water partition coefficient (Wildman–Crippen LogP) is 5.28. The SMILES string of the molecule is CC(C)C(=O)N[C@H](C(=O)N1CCC[C@H]1Cn1nnnc1NCc1ccccc1)[C@@H](C)OCC#CC#CCOC(C)[C@H](NC(=O)[C@H](C)N(C)C(=O)OCC1c2ccccc2-c2ccccc21)C(=O)N1CCC[C@H]1Cn1nnnc1NCc1ccccc1. The largest absolute Gasteiger partial charge is 0.448 e. The monoisotopic (exact) mass is 1170 g/mol. The molecule has 0 spiro atoms. The summed E-state index contributed by atoms with van der Waals surface area (Å²) in [7, 11) is 1.49. The van der Waals surface area contributed by atoms with Crippen molar-refractivity contribution in [1.82, 2.24) is 65.7 Å². The second-order valence-corrected chi connectivity index (χ2v) is 22.1. The average Bonchev–Trinajstić information content (AvgIpc) is 2.06. The van der Waals surface area contributed by atoms with Crippen molar-refractivity contribution in [3.8, 4) is 34.8 Å². The van der Waals surface area contributed by atoms with Crippen molar-refractivity contribution in [2.45, 2.75) is 135 Å². The Morgan fingerprint density at radius 3 is 1.51 bits per heavy atom. The summed E-state index contributed by atoms with van der Waals surface area (Å²) in [6.45, 7) is 10.9. The van der Waals surface area contributed by atoms with Crippen LogP contribution in [0.25, 0.3) is 11.1 Å². The Morgan fingerprint density at radius 2 is 1.05 bits per heavy atom. The first kappa shape index (κ1) is 61.4. The number of tetrazole rings is 2. The molecule has 86 heavy (non-hydrogen) atoms. The number of hydrogen-bond donors (Lipinski definition) is 4. The Kier molecular flexibility index (Phi) is 21.1. The number of nitrogens with zero attached hydrogens (tertiary/aromatic N) is 11. The second kappa shape index (κ2) is 29.6. The van der Waals surface area contributed by atoms with Crippen molar-refractivity contribution < 1.29 is 38.2 Å². The van der Waals surface area contributed by atoms with Gasteiger partial charge in [-0.2, -0.15) is 0 Å². The fourth-order valence-corrected chi connectivity index (χ4v) is 10.9. The molecule has 2 fully saturated rings. The van der Waals surface area contributed by atoms with Gasteiger partial charge < -0.3 is 45.3 Å². The molecule has 0 radical (unpaired) electrons. The number of benzene rings is 4. The molecule has 4 aromatic carbocycles.